The van der Waals surface area contributed by atoms with Gasteiger partial charge in [-0.1, -0.05) is 12.1 Å². The standard InChI is InChI=1S/C22H22F2N2O3/c1-25(2)12-3-13-26-19(14-4-8-16(23)9-5-14)18(21(28)22(26)29)20(27)15-6-10-17(24)11-7-15/h4-11,18-19H,3,12-13H2,1-2H3. The molecule has 0 N–H and O–H groups in total. The van der Waals surface area contributed by atoms with Gasteiger partial charge in [-0.25, -0.2) is 8.78 Å². The van der Waals surface area contributed by atoms with Crippen molar-refractivity contribution in [1.82, 2.24) is 9.80 Å². The van der Waals surface area contributed by atoms with Gasteiger partial charge in [0.2, 0.25) is 5.78 Å². The van der Waals surface area contributed by atoms with Gasteiger partial charge in [-0.15, -0.1) is 0 Å². The molecule has 1 aliphatic rings. The molecule has 1 fully saturated rings. The number of carbonyl (C=O) groups excluding carboxylic acids is 3. The average Bonchev–Trinajstić information content (AvgIpc) is 2.93. The average molecular weight is 400 g/mol. The van der Waals surface area contributed by atoms with Crippen molar-refractivity contribution in [1.29, 1.82) is 0 Å². The van der Waals surface area contributed by atoms with Crippen molar-refractivity contribution in [2.45, 2.75) is 12.5 Å². The van der Waals surface area contributed by atoms with Crippen molar-refractivity contribution in [3.8, 4) is 0 Å². The third kappa shape index (κ3) is 4.40. The molecule has 0 aliphatic carbocycles. The third-order valence-electron chi connectivity index (χ3n) is 5.03. The minimum Gasteiger partial charge on any atom is -0.328 e. The van der Waals surface area contributed by atoms with Crippen molar-refractivity contribution in [3.05, 3.63) is 71.3 Å². The second-order valence-corrected chi connectivity index (χ2v) is 7.36. The predicted molar refractivity (Wildman–Crippen MR) is 103 cm³/mol. The lowest BCUT2D eigenvalue weighted by Gasteiger charge is -2.27. The number of benzene rings is 2. The fourth-order valence-corrected chi connectivity index (χ4v) is 3.61. The molecule has 0 bridgehead atoms. The number of ketones is 2. The summed E-state index contributed by atoms with van der Waals surface area (Å²) in [6, 6.07) is 9.48. The number of halogens is 2. The first-order valence-electron chi connectivity index (χ1n) is 9.34. The molecule has 0 aromatic heterocycles. The van der Waals surface area contributed by atoms with Crippen LogP contribution in [-0.2, 0) is 9.59 Å². The minimum absolute atomic E-state index is 0.153. The van der Waals surface area contributed by atoms with Crippen molar-refractivity contribution in [2.24, 2.45) is 5.92 Å². The van der Waals surface area contributed by atoms with E-state index in [0.29, 0.717) is 18.5 Å². The molecule has 3 rings (SSSR count). The van der Waals surface area contributed by atoms with Crippen LogP contribution < -0.4 is 0 Å². The maximum Gasteiger partial charge on any atom is 0.291 e. The summed E-state index contributed by atoms with van der Waals surface area (Å²) in [6.45, 7) is 0.989. The van der Waals surface area contributed by atoms with Crippen LogP contribution in [-0.4, -0.2) is 54.5 Å². The maximum absolute atomic E-state index is 13.4. The quantitative estimate of drug-likeness (QED) is 0.407. The fourth-order valence-electron chi connectivity index (χ4n) is 3.61. The summed E-state index contributed by atoms with van der Waals surface area (Å²) in [5, 5.41) is 0. The number of rotatable bonds is 7. The molecule has 1 saturated heterocycles. The summed E-state index contributed by atoms with van der Waals surface area (Å²) < 4.78 is 26.7. The zero-order valence-electron chi connectivity index (χ0n) is 16.3. The van der Waals surface area contributed by atoms with Gasteiger partial charge in [0.15, 0.2) is 5.78 Å². The molecule has 152 valence electrons. The number of carbonyl (C=O) groups is 3. The SMILES string of the molecule is CN(C)CCCN1C(=O)C(=O)C(C(=O)c2ccc(F)cc2)C1c1ccc(F)cc1. The van der Waals surface area contributed by atoms with Crippen molar-refractivity contribution in [2.75, 3.05) is 27.2 Å². The van der Waals surface area contributed by atoms with Crippen LogP contribution in [0.15, 0.2) is 48.5 Å². The lowest BCUT2D eigenvalue weighted by molar-refractivity contribution is -0.140. The largest absolute Gasteiger partial charge is 0.328 e. The molecule has 1 amide bonds. The number of hydrogen-bond donors (Lipinski definition) is 0. The highest BCUT2D eigenvalue weighted by Gasteiger charge is 2.51. The first-order valence-corrected chi connectivity index (χ1v) is 9.34. The van der Waals surface area contributed by atoms with Gasteiger partial charge >= 0.3 is 0 Å². The summed E-state index contributed by atoms with van der Waals surface area (Å²) in [6.07, 6.45) is 0.612. The Labute approximate surface area is 167 Å². The molecule has 5 nitrogen and oxygen atoms in total. The second-order valence-electron chi connectivity index (χ2n) is 7.36. The number of Topliss-reactive ketones (excluding diaryl/α,β-unsaturated/α-hetero) is 2. The molecule has 0 spiro atoms. The van der Waals surface area contributed by atoms with Gasteiger partial charge in [0.05, 0.1) is 6.04 Å². The van der Waals surface area contributed by atoms with E-state index in [4.69, 9.17) is 0 Å². The van der Waals surface area contributed by atoms with Crippen LogP contribution in [0.4, 0.5) is 8.78 Å². The molecule has 2 unspecified atom stereocenters. The second kappa shape index (κ2) is 8.61. The number of nitrogens with zero attached hydrogens (tertiary/aromatic N) is 2. The van der Waals surface area contributed by atoms with E-state index in [1.807, 2.05) is 19.0 Å². The van der Waals surface area contributed by atoms with Gasteiger partial charge in [-0.2, -0.15) is 0 Å². The third-order valence-corrected chi connectivity index (χ3v) is 5.03. The monoisotopic (exact) mass is 400 g/mol. The normalized spacial score (nSPS) is 19.3. The molecule has 2 aromatic rings. The van der Waals surface area contributed by atoms with Crippen molar-refractivity contribution >= 4 is 17.5 Å². The van der Waals surface area contributed by atoms with Gasteiger partial charge in [0.25, 0.3) is 5.91 Å². The summed E-state index contributed by atoms with van der Waals surface area (Å²) >= 11 is 0. The Balaban J connectivity index is 1.98. The zero-order chi connectivity index (χ0) is 21.1. The van der Waals surface area contributed by atoms with Gasteiger partial charge < -0.3 is 9.80 Å². The number of amides is 1. The van der Waals surface area contributed by atoms with E-state index in [2.05, 4.69) is 0 Å². The predicted octanol–water partition coefficient (Wildman–Crippen LogP) is 2.87. The van der Waals surface area contributed by atoms with Crippen LogP contribution >= 0.6 is 0 Å². The molecule has 0 saturated carbocycles. The molecule has 2 aromatic carbocycles. The highest BCUT2D eigenvalue weighted by molar-refractivity contribution is 6.44. The van der Waals surface area contributed by atoms with E-state index in [0.717, 1.165) is 12.1 Å². The summed E-state index contributed by atoms with van der Waals surface area (Å²) in [7, 11) is 3.80. The van der Waals surface area contributed by atoms with E-state index in [9.17, 15) is 23.2 Å². The Kier molecular flexibility index (Phi) is 6.17. The molecule has 0 radical (unpaired) electrons. The maximum atomic E-state index is 13.4. The van der Waals surface area contributed by atoms with E-state index in [1.54, 1.807) is 0 Å². The molecule has 29 heavy (non-hydrogen) atoms. The highest BCUT2D eigenvalue weighted by atomic mass is 19.1. The van der Waals surface area contributed by atoms with E-state index < -0.39 is 41.1 Å². The van der Waals surface area contributed by atoms with Gasteiger partial charge in [-0.3, -0.25) is 14.4 Å². The van der Waals surface area contributed by atoms with Crippen LogP contribution in [0.2, 0.25) is 0 Å². The van der Waals surface area contributed by atoms with Crippen molar-refractivity contribution in [3.63, 3.8) is 0 Å². The Bertz CT molecular complexity index is 911. The summed E-state index contributed by atoms with van der Waals surface area (Å²) in [4.78, 5) is 41.9. The molecular formula is C22H22F2N2O3. The van der Waals surface area contributed by atoms with Crippen LogP contribution in [0.5, 0.6) is 0 Å². The van der Waals surface area contributed by atoms with Gasteiger partial charge in [0.1, 0.15) is 17.6 Å². The summed E-state index contributed by atoms with van der Waals surface area (Å²) in [5.41, 5.74) is 0.663. The minimum atomic E-state index is -1.25. The van der Waals surface area contributed by atoms with Crippen LogP contribution in [0.1, 0.15) is 28.4 Å². The molecule has 1 aliphatic heterocycles. The van der Waals surface area contributed by atoms with E-state index in [1.165, 1.54) is 41.3 Å². The Morgan fingerprint density at radius 2 is 1.52 bits per heavy atom. The van der Waals surface area contributed by atoms with Gasteiger partial charge in [-0.05, 0) is 69.0 Å². The smallest absolute Gasteiger partial charge is 0.291 e. The number of hydrogen-bond acceptors (Lipinski definition) is 4. The fraction of sp³-hybridized carbons (Fsp3) is 0.318. The molecule has 7 heteroatoms. The molecular weight excluding hydrogens is 378 g/mol. The topological polar surface area (TPSA) is 57.7 Å². The molecule has 2 atom stereocenters. The first-order chi connectivity index (χ1) is 13.8. The lowest BCUT2D eigenvalue weighted by atomic mass is 9.86. The van der Waals surface area contributed by atoms with Crippen molar-refractivity contribution < 1.29 is 23.2 Å². The van der Waals surface area contributed by atoms with Crippen LogP contribution in [0, 0.1) is 17.6 Å². The molecule has 1 heterocycles. The van der Waals surface area contributed by atoms with Crippen LogP contribution in [0.25, 0.3) is 0 Å². The van der Waals surface area contributed by atoms with E-state index in [-0.39, 0.29) is 12.1 Å². The Hall–Kier alpha value is -2.93. The Morgan fingerprint density at radius 3 is 2.07 bits per heavy atom. The van der Waals surface area contributed by atoms with E-state index >= 15 is 0 Å². The highest BCUT2D eigenvalue weighted by Crippen LogP contribution is 2.38. The first kappa shape index (κ1) is 20.8. The number of likely N-dealkylation sites (tertiary alicyclic amines) is 1. The summed E-state index contributed by atoms with van der Waals surface area (Å²) in [5.74, 6) is -4.27. The van der Waals surface area contributed by atoms with Crippen LogP contribution in [0.3, 0.4) is 0 Å². The van der Waals surface area contributed by atoms with Gasteiger partial charge in [0, 0.05) is 12.1 Å². The zero-order valence-corrected chi connectivity index (χ0v) is 16.3. The Morgan fingerprint density at radius 1 is 0.966 bits per heavy atom. The lowest BCUT2D eigenvalue weighted by Crippen LogP contribution is -2.33.